The van der Waals surface area contributed by atoms with Gasteiger partial charge in [0, 0.05) is 12.3 Å². The van der Waals surface area contributed by atoms with Crippen LogP contribution in [0.1, 0.15) is 0 Å². The van der Waals surface area contributed by atoms with Crippen LogP contribution in [-0.2, 0) is 6.54 Å². The zero-order valence-corrected chi connectivity index (χ0v) is 8.23. The highest BCUT2D eigenvalue weighted by Crippen LogP contribution is 2.07. The fourth-order valence-electron chi connectivity index (χ4n) is 0.926. The molecule has 0 saturated heterocycles. The van der Waals surface area contributed by atoms with E-state index in [1.54, 1.807) is 4.98 Å². The van der Waals surface area contributed by atoms with E-state index in [0.717, 1.165) is 4.57 Å². The first-order chi connectivity index (χ1) is 6.57. The minimum absolute atomic E-state index is 0.152. The third-order valence-corrected chi connectivity index (χ3v) is 2.23. The van der Waals surface area contributed by atoms with Crippen LogP contribution in [0.25, 0.3) is 0 Å². The van der Waals surface area contributed by atoms with E-state index in [4.69, 9.17) is 5.11 Å². The van der Waals surface area contributed by atoms with Gasteiger partial charge in [-0.2, -0.15) is 16.2 Å². The highest BCUT2D eigenvalue weighted by atomic mass is 32.2. The Balaban J connectivity index is 3.23. The summed E-state index contributed by atoms with van der Waals surface area (Å²) >= 11 is 1.44. The van der Waals surface area contributed by atoms with Crippen LogP contribution in [0.15, 0.2) is 9.59 Å². The Hall–Kier alpha value is -1.24. The van der Waals surface area contributed by atoms with E-state index >= 15 is 0 Å². The quantitative estimate of drug-likeness (QED) is 0.736. The zero-order valence-electron chi connectivity index (χ0n) is 7.41. The maximum atomic E-state index is 12.8. The summed E-state index contributed by atoms with van der Waals surface area (Å²) in [4.78, 5) is 23.5. The number of aromatic nitrogens is 2. The molecule has 0 radical (unpaired) electrons. The van der Waals surface area contributed by atoms with Gasteiger partial charge in [0.05, 0.1) is 0 Å². The normalized spacial score (nSPS) is 10.4. The first-order valence-corrected chi connectivity index (χ1v) is 5.18. The lowest BCUT2D eigenvalue weighted by atomic mass is 10.5. The Labute approximate surface area is 82.6 Å². The molecule has 0 aliphatic carbocycles. The first-order valence-electron chi connectivity index (χ1n) is 3.78. The molecule has 7 heteroatoms. The number of H-pyrrole nitrogens is 1. The predicted octanol–water partition coefficient (Wildman–Crippen LogP) is -0.256. The molecule has 1 aromatic rings. The molecule has 0 amide bonds. The summed E-state index contributed by atoms with van der Waals surface area (Å²) in [6, 6.07) is 0. The molecule has 1 rings (SSSR count). The van der Waals surface area contributed by atoms with E-state index in [-0.39, 0.29) is 6.54 Å². The molecule has 1 aromatic heterocycles. The minimum Gasteiger partial charge on any atom is -0.492 e. The summed E-state index contributed by atoms with van der Waals surface area (Å²) in [6.07, 6.45) is 1.81. The molecule has 0 bridgehead atoms. The lowest BCUT2D eigenvalue weighted by Crippen LogP contribution is -2.32. The average molecular weight is 220 g/mol. The van der Waals surface area contributed by atoms with Crippen LogP contribution in [0, 0.1) is 5.82 Å². The number of aromatic hydroxyl groups is 1. The Kier molecular flexibility index (Phi) is 3.34. The maximum Gasteiger partial charge on any atom is 0.331 e. The molecule has 14 heavy (non-hydrogen) atoms. The summed E-state index contributed by atoms with van der Waals surface area (Å²) in [5, 5.41) is 9.14. The second-order valence-corrected chi connectivity index (χ2v) is 3.53. The summed E-state index contributed by atoms with van der Waals surface area (Å²) in [5.74, 6) is -1.70. The lowest BCUT2D eigenvalue weighted by Gasteiger charge is -2.06. The van der Waals surface area contributed by atoms with Crippen LogP contribution in [0.5, 0.6) is 5.88 Å². The smallest absolute Gasteiger partial charge is 0.331 e. The highest BCUT2D eigenvalue weighted by Gasteiger charge is 2.12. The van der Waals surface area contributed by atoms with Crippen molar-refractivity contribution in [3.63, 3.8) is 0 Å². The van der Waals surface area contributed by atoms with Gasteiger partial charge in [0.15, 0.2) is 0 Å². The van der Waals surface area contributed by atoms with Crippen LogP contribution >= 0.6 is 11.8 Å². The number of hydrogen-bond acceptors (Lipinski definition) is 4. The lowest BCUT2D eigenvalue weighted by molar-refractivity contribution is 0.365. The molecule has 1 heterocycles. The average Bonchev–Trinajstić information content (AvgIpc) is 2.14. The highest BCUT2D eigenvalue weighted by molar-refractivity contribution is 7.98. The Morgan fingerprint density at radius 3 is 2.79 bits per heavy atom. The van der Waals surface area contributed by atoms with E-state index < -0.39 is 22.9 Å². The van der Waals surface area contributed by atoms with Crippen molar-refractivity contribution in [2.75, 3.05) is 12.0 Å². The molecule has 0 fully saturated rings. The van der Waals surface area contributed by atoms with Crippen molar-refractivity contribution >= 4 is 11.8 Å². The third kappa shape index (κ3) is 1.98. The largest absolute Gasteiger partial charge is 0.492 e. The fraction of sp³-hybridized carbons (Fsp3) is 0.429. The van der Waals surface area contributed by atoms with Gasteiger partial charge in [0.1, 0.15) is 0 Å². The number of hydrogen-bond donors (Lipinski definition) is 2. The second kappa shape index (κ2) is 4.32. The molecular weight excluding hydrogens is 211 g/mol. The van der Waals surface area contributed by atoms with Crippen molar-refractivity contribution in [3.05, 3.63) is 26.7 Å². The van der Waals surface area contributed by atoms with Gasteiger partial charge in [0.2, 0.25) is 11.7 Å². The Morgan fingerprint density at radius 2 is 2.21 bits per heavy atom. The molecule has 2 N–H and O–H groups in total. The van der Waals surface area contributed by atoms with Crippen molar-refractivity contribution in [2.45, 2.75) is 6.54 Å². The van der Waals surface area contributed by atoms with Gasteiger partial charge in [-0.15, -0.1) is 0 Å². The number of halogens is 1. The third-order valence-electron chi connectivity index (χ3n) is 1.64. The van der Waals surface area contributed by atoms with Crippen molar-refractivity contribution < 1.29 is 9.50 Å². The SMILES string of the molecule is CSCCn1c(O)c(F)c(=O)[nH]c1=O. The van der Waals surface area contributed by atoms with Crippen molar-refractivity contribution in [1.82, 2.24) is 9.55 Å². The molecule has 0 aliphatic rings. The summed E-state index contributed by atoms with van der Waals surface area (Å²) in [5.41, 5.74) is -2.00. The number of nitrogens with zero attached hydrogens (tertiary/aromatic N) is 1. The molecule has 5 nitrogen and oxygen atoms in total. The van der Waals surface area contributed by atoms with Gasteiger partial charge in [0.25, 0.3) is 5.56 Å². The predicted molar refractivity (Wildman–Crippen MR) is 51.3 cm³/mol. The van der Waals surface area contributed by atoms with Gasteiger partial charge in [-0.1, -0.05) is 0 Å². The minimum atomic E-state index is -1.33. The zero-order chi connectivity index (χ0) is 10.7. The Morgan fingerprint density at radius 1 is 1.57 bits per heavy atom. The van der Waals surface area contributed by atoms with Gasteiger partial charge in [-0.05, 0) is 6.26 Å². The van der Waals surface area contributed by atoms with Crippen LogP contribution in [0.2, 0.25) is 0 Å². The molecule has 0 atom stereocenters. The maximum absolute atomic E-state index is 12.8. The van der Waals surface area contributed by atoms with Gasteiger partial charge in [-0.25, -0.2) is 4.79 Å². The topological polar surface area (TPSA) is 75.1 Å². The van der Waals surface area contributed by atoms with E-state index in [0.29, 0.717) is 5.75 Å². The van der Waals surface area contributed by atoms with Crippen molar-refractivity contribution in [3.8, 4) is 5.88 Å². The number of rotatable bonds is 3. The fourth-order valence-corrected chi connectivity index (χ4v) is 1.29. The summed E-state index contributed by atoms with van der Waals surface area (Å²) in [6.45, 7) is 0.152. The second-order valence-electron chi connectivity index (χ2n) is 2.54. The molecular formula is C7H9FN2O3S. The monoisotopic (exact) mass is 220 g/mol. The molecule has 0 aliphatic heterocycles. The molecule has 0 aromatic carbocycles. The molecule has 78 valence electrons. The van der Waals surface area contributed by atoms with Crippen molar-refractivity contribution in [1.29, 1.82) is 0 Å². The van der Waals surface area contributed by atoms with Crippen LogP contribution in [0.4, 0.5) is 4.39 Å². The first kappa shape index (κ1) is 10.8. The number of aromatic amines is 1. The van der Waals surface area contributed by atoms with Crippen molar-refractivity contribution in [2.24, 2.45) is 0 Å². The van der Waals surface area contributed by atoms with E-state index in [2.05, 4.69) is 0 Å². The summed E-state index contributed by atoms with van der Waals surface area (Å²) < 4.78 is 13.6. The molecule has 0 spiro atoms. The van der Waals surface area contributed by atoms with E-state index in [1.165, 1.54) is 11.8 Å². The standard InChI is InChI=1S/C7H9FN2O3S/c1-14-3-2-10-6(12)4(8)5(11)9-7(10)13/h12H,2-3H2,1H3,(H,9,11,13). The van der Waals surface area contributed by atoms with Gasteiger partial charge >= 0.3 is 5.69 Å². The number of thioether (sulfide) groups is 1. The van der Waals surface area contributed by atoms with Gasteiger partial charge in [-0.3, -0.25) is 14.3 Å². The van der Waals surface area contributed by atoms with E-state index in [9.17, 15) is 14.0 Å². The molecule has 0 unspecified atom stereocenters. The van der Waals surface area contributed by atoms with Crippen LogP contribution in [-0.4, -0.2) is 26.7 Å². The van der Waals surface area contributed by atoms with Crippen LogP contribution < -0.4 is 11.2 Å². The van der Waals surface area contributed by atoms with Gasteiger partial charge < -0.3 is 5.11 Å². The van der Waals surface area contributed by atoms with Crippen LogP contribution in [0.3, 0.4) is 0 Å². The Bertz CT molecular complexity index is 440. The number of nitrogens with one attached hydrogen (secondary N) is 1. The summed E-state index contributed by atoms with van der Waals surface area (Å²) in [7, 11) is 0. The molecule has 0 saturated carbocycles. The van der Waals surface area contributed by atoms with E-state index in [1.807, 2.05) is 6.26 Å².